The molecule has 2 nitrogen and oxygen atoms in total. The van der Waals surface area contributed by atoms with E-state index in [1.807, 2.05) is 0 Å². The zero-order valence-electron chi connectivity index (χ0n) is 13.5. The molecule has 0 radical (unpaired) electrons. The van der Waals surface area contributed by atoms with Crippen molar-refractivity contribution in [2.45, 2.75) is 51.9 Å². The van der Waals surface area contributed by atoms with Crippen LogP contribution in [0, 0.1) is 17.3 Å². The topological polar surface area (TPSA) is 38.4 Å². The van der Waals surface area contributed by atoms with E-state index in [-0.39, 0.29) is 0 Å². The van der Waals surface area contributed by atoms with Gasteiger partial charge in [0.05, 0.1) is 0 Å². The van der Waals surface area contributed by atoms with Gasteiger partial charge < -0.3 is 5.73 Å². The van der Waals surface area contributed by atoms with Crippen LogP contribution in [0.15, 0.2) is 39.5 Å². The molecule has 3 heteroatoms. The lowest BCUT2D eigenvalue weighted by molar-refractivity contribution is 0.192. The highest BCUT2D eigenvalue weighted by atomic mass is 79.9. The Morgan fingerprint density at radius 2 is 2.09 bits per heavy atom. The second-order valence-corrected chi connectivity index (χ2v) is 8.37. The molecule has 1 fully saturated rings. The maximum Gasteiger partial charge on any atom is 0.0424 e. The van der Waals surface area contributed by atoms with E-state index in [1.165, 1.54) is 43.5 Å². The number of aliphatic imine (C=N–C) groups is 1. The van der Waals surface area contributed by atoms with E-state index < -0.39 is 0 Å². The molecule has 1 saturated carbocycles. The molecule has 0 saturated heterocycles. The first-order valence-corrected chi connectivity index (χ1v) is 9.40. The van der Waals surface area contributed by atoms with Crippen LogP contribution >= 0.6 is 15.9 Å². The second kappa shape index (κ2) is 6.84. The molecule has 2 bridgehead atoms. The summed E-state index contributed by atoms with van der Waals surface area (Å²) in [5.74, 6) is 1.27. The molecule has 1 atom stereocenters. The summed E-state index contributed by atoms with van der Waals surface area (Å²) >= 11 is 3.63. The average molecular weight is 363 g/mol. The van der Waals surface area contributed by atoms with Crippen molar-refractivity contribution in [2.24, 2.45) is 28.0 Å². The van der Waals surface area contributed by atoms with Crippen LogP contribution in [0.4, 0.5) is 0 Å². The smallest absolute Gasteiger partial charge is 0.0424 e. The van der Waals surface area contributed by atoms with Gasteiger partial charge in [0, 0.05) is 21.8 Å². The van der Waals surface area contributed by atoms with Gasteiger partial charge in [0.2, 0.25) is 0 Å². The molecular formula is C19H27BrN2. The van der Waals surface area contributed by atoms with Gasteiger partial charge in [-0.15, -0.1) is 0 Å². The minimum atomic E-state index is 0.353. The maximum absolute atomic E-state index is 5.94. The molecule has 2 aliphatic carbocycles. The minimum absolute atomic E-state index is 0.353. The van der Waals surface area contributed by atoms with Crippen molar-refractivity contribution in [1.82, 2.24) is 0 Å². The molecule has 120 valence electrons. The summed E-state index contributed by atoms with van der Waals surface area (Å²) in [6.07, 6.45) is 17.5. The number of fused-ring (bicyclic) bond motifs is 2. The molecule has 22 heavy (non-hydrogen) atoms. The van der Waals surface area contributed by atoms with Gasteiger partial charge in [0.25, 0.3) is 0 Å². The lowest BCUT2D eigenvalue weighted by Gasteiger charge is -2.37. The molecule has 1 unspecified atom stereocenters. The number of allylic oxidation sites excluding steroid dienone is 6. The van der Waals surface area contributed by atoms with E-state index in [2.05, 4.69) is 47.2 Å². The number of halogens is 1. The summed E-state index contributed by atoms with van der Waals surface area (Å²) in [4.78, 5) is 5.06. The quantitative estimate of drug-likeness (QED) is 0.727. The lowest BCUT2D eigenvalue weighted by atomic mass is 9.71. The van der Waals surface area contributed by atoms with Crippen LogP contribution in [0.3, 0.4) is 0 Å². The van der Waals surface area contributed by atoms with Crippen LogP contribution in [-0.2, 0) is 0 Å². The monoisotopic (exact) mass is 362 g/mol. The van der Waals surface area contributed by atoms with E-state index in [4.69, 9.17) is 10.7 Å². The van der Waals surface area contributed by atoms with Gasteiger partial charge in [-0.25, -0.2) is 0 Å². The van der Waals surface area contributed by atoms with E-state index in [0.717, 1.165) is 23.9 Å². The van der Waals surface area contributed by atoms with Gasteiger partial charge in [-0.1, -0.05) is 41.1 Å². The zero-order valence-corrected chi connectivity index (χ0v) is 15.1. The van der Waals surface area contributed by atoms with Crippen molar-refractivity contribution in [3.8, 4) is 0 Å². The largest absolute Gasteiger partial charge is 0.330 e. The van der Waals surface area contributed by atoms with Gasteiger partial charge >= 0.3 is 0 Å². The van der Waals surface area contributed by atoms with Gasteiger partial charge in [-0.3, -0.25) is 4.99 Å². The fourth-order valence-corrected chi connectivity index (χ4v) is 4.25. The first kappa shape index (κ1) is 16.2. The summed E-state index contributed by atoms with van der Waals surface area (Å²) in [6, 6.07) is 0. The molecule has 2 N–H and O–H groups in total. The molecule has 3 aliphatic rings. The van der Waals surface area contributed by atoms with E-state index in [9.17, 15) is 0 Å². The summed E-state index contributed by atoms with van der Waals surface area (Å²) < 4.78 is 1.15. The first-order valence-electron chi connectivity index (χ1n) is 8.61. The molecule has 0 aromatic rings. The van der Waals surface area contributed by atoms with Crippen LogP contribution in [0.1, 0.15) is 51.9 Å². The molecule has 1 aliphatic heterocycles. The van der Waals surface area contributed by atoms with E-state index in [0.29, 0.717) is 17.3 Å². The van der Waals surface area contributed by atoms with Gasteiger partial charge in [0.15, 0.2) is 0 Å². The van der Waals surface area contributed by atoms with Crippen LogP contribution in [0.2, 0.25) is 0 Å². The Morgan fingerprint density at radius 1 is 1.32 bits per heavy atom. The highest BCUT2D eigenvalue weighted by Crippen LogP contribution is 2.41. The van der Waals surface area contributed by atoms with Crippen molar-refractivity contribution in [3.63, 3.8) is 0 Å². The maximum atomic E-state index is 5.94. The van der Waals surface area contributed by atoms with Crippen LogP contribution in [-0.4, -0.2) is 12.3 Å². The predicted octanol–water partition coefficient (Wildman–Crippen LogP) is 5.12. The number of rotatable bonds is 2. The van der Waals surface area contributed by atoms with Gasteiger partial charge in [0.1, 0.15) is 0 Å². The van der Waals surface area contributed by atoms with E-state index >= 15 is 0 Å². The highest BCUT2D eigenvalue weighted by molar-refractivity contribution is 9.11. The fraction of sp³-hybridized carbons (Fsp3) is 0.632. The second-order valence-electron chi connectivity index (χ2n) is 7.45. The van der Waals surface area contributed by atoms with Crippen LogP contribution in [0.25, 0.3) is 0 Å². The Labute approximate surface area is 142 Å². The first-order chi connectivity index (χ1) is 10.6. The van der Waals surface area contributed by atoms with Crippen molar-refractivity contribution in [1.29, 1.82) is 0 Å². The molecular weight excluding hydrogens is 336 g/mol. The molecule has 1 heterocycles. The Kier molecular flexibility index (Phi) is 5.03. The fourth-order valence-electron chi connectivity index (χ4n) is 3.84. The standard InChI is InChI=1S/C19H27BrN2/c1-19(13-21)9-7-15(8-10-19)18-4-2-3-14-5-6-16(20)12-17(11-14)22-18/h4-6,12,14-15H,2-3,7-11,13,21H2,1H3. The molecule has 0 amide bonds. The van der Waals surface area contributed by atoms with Crippen molar-refractivity contribution >= 4 is 21.6 Å². The summed E-state index contributed by atoms with van der Waals surface area (Å²) in [6.45, 7) is 3.15. The Balaban J connectivity index is 1.77. The lowest BCUT2D eigenvalue weighted by Crippen LogP contribution is -2.32. The summed E-state index contributed by atoms with van der Waals surface area (Å²) in [5.41, 5.74) is 8.87. The normalized spacial score (nSPS) is 35.7. The van der Waals surface area contributed by atoms with Gasteiger partial charge in [-0.05, 0) is 68.9 Å². The van der Waals surface area contributed by atoms with Crippen molar-refractivity contribution in [2.75, 3.05) is 6.54 Å². The molecule has 0 aromatic heterocycles. The Hall–Kier alpha value is -0.670. The molecule has 3 rings (SSSR count). The van der Waals surface area contributed by atoms with Crippen molar-refractivity contribution < 1.29 is 0 Å². The molecule has 0 spiro atoms. The summed E-state index contributed by atoms with van der Waals surface area (Å²) in [5, 5.41) is 0. The number of nitrogens with zero attached hydrogens (tertiary/aromatic N) is 1. The number of hydrogen-bond acceptors (Lipinski definition) is 2. The Morgan fingerprint density at radius 3 is 2.82 bits per heavy atom. The SMILES string of the molecule is CC1(CN)CCC(C2=CCCC3C=CC(Br)=CC(=N2)C3)CC1. The van der Waals surface area contributed by atoms with Crippen molar-refractivity contribution in [3.05, 3.63) is 34.5 Å². The Bertz CT molecular complexity index is 534. The number of hydrogen-bond donors (Lipinski definition) is 1. The third-order valence-electron chi connectivity index (χ3n) is 5.57. The van der Waals surface area contributed by atoms with Crippen LogP contribution < -0.4 is 5.73 Å². The predicted molar refractivity (Wildman–Crippen MR) is 98.1 cm³/mol. The third kappa shape index (κ3) is 3.80. The number of nitrogens with two attached hydrogens (primary N) is 1. The zero-order chi connectivity index (χ0) is 15.6. The third-order valence-corrected chi connectivity index (χ3v) is 6.06. The highest BCUT2D eigenvalue weighted by Gasteiger charge is 2.31. The average Bonchev–Trinajstić information content (AvgIpc) is 2.68. The van der Waals surface area contributed by atoms with Crippen LogP contribution in [0.5, 0.6) is 0 Å². The molecule has 0 aromatic carbocycles. The van der Waals surface area contributed by atoms with Gasteiger partial charge in [-0.2, -0.15) is 0 Å². The van der Waals surface area contributed by atoms with E-state index in [1.54, 1.807) is 0 Å². The summed E-state index contributed by atoms with van der Waals surface area (Å²) in [7, 11) is 0. The minimum Gasteiger partial charge on any atom is -0.330 e.